The Bertz CT molecular complexity index is 919. The Balaban J connectivity index is 2.72. The van der Waals surface area contributed by atoms with E-state index in [0.29, 0.717) is 0 Å². The second-order valence-electron chi connectivity index (χ2n) is 15.7. The molecule has 1 aromatic carbocycles. The summed E-state index contributed by atoms with van der Waals surface area (Å²) in [6.45, 7) is 34.1. The van der Waals surface area contributed by atoms with Gasteiger partial charge in [0.1, 0.15) is 0 Å². The van der Waals surface area contributed by atoms with Crippen LogP contribution in [0.5, 0.6) is 0 Å². The van der Waals surface area contributed by atoms with Crippen molar-refractivity contribution in [3.63, 3.8) is 0 Å². The van der Waals surface area contributed by atoms with E-state index in [1.54, 1.807) is 0 Å². The number of hydrogen-bond acceptors (Lipinski definition) is 5. The van der Waals surface area contributed by atoms with Crippen molar-refractivity contribution in [2.75, 3.05) is 6.61 Å². The van der Waals surface area contributed by atoms with Crippen LogP contribution in [-0.4, -0.2) is 81.0 Å². The molecule has 0 saturated carbocycles. The standard InChI is InChI=1S/C30H58O5SeSi3/c1-28(2,3)37(10,11)33-24-23(21-31)32-27(36-22-19-17-16-18-20-22)26(35-39(14,15)30(7,8)9)25(24)34-38(12,13)29(4,5)6/h16-20,23-27,31H,21H2,1-15H3/t23-,24-,25+,26-,27+/m1/s1. The van der Waals surface area contributed by atoms with Gasteiger partial charge < -0.3 is 0 Å². The third-order valence-corrected chi connectivity index (χ3v) is 25.3. The molecular formula is C30H58O5SeSi3. The first kappa shape index (κ1) is 35.4. The molecule has 1 aliphatic rings. The van der Waals surface area contributed by atoms with E-state index in [4.69, 9.17) is 18.0 Å². The maximum absolute atomic E-state index is 10.7. The molecule has 1 saturated heterocycles. The Labute approximate surface area is 249 Å². The average Bonchev–Trinajstić information content (AvgIpc) is 2.75. The van der Waals surface area contributed by atoms with Gasteiger partial charge in [0.15, 0.2) is 0 Å². The molecule has 5 atom stereocenters. The molecule has 5 nitrogen and oxygen atoms in total. The van der Waals surface area contributed by atoms with E-state index in [0.717, 1.165) is 0 Å². The second kappa shape index (κ2) is 12.4. The summed E-state index contributed by atoms with van der Waals surface area (Å²) in [5, 5.41) is 10.6. The van der Waals surface area contributed by atoms with E-state index in [1.807, 2.05) is 6.07 Å². The van der Waals surface area contributed by atoms with Gasteiger partial charge in [0.05, 0.1) is 0 Å². The summed E-state index contributed by atoms with van der Waals surface area (Å²) < 4.78 is 29.9. The monoisotopic (exact) mass is 662 g/mol. The van der Waals surface area contributed by atoms with E-state index in [1.165, 1.54) is 4.46 Å². The van der Waals surface area contributed by atoms with Crippen LogP contribution in [0.4, 0.5) is 0 Å². The van der Waals surface area contributed by atoms with Crippen molar-refractivity contribution in [3.05, 3.63) is 30.3 Å². The van der Waals surface area contributed by atoms with Crippen molar-refractivity contribution >= 4 is 44.4 Å². The molecule has 0 unspecified atom stereocenters. The second-order valence-corrected chi connectivity index (χ2v) is 32.4. The van der Waals surface area contributed by atoms with Gasteiger partial charge in [-0.15, -0.1) is 0 Å². The van der Waals surface area contributed by atoms with Gasteiger partial charge in [0.2, 0.25) is 0 Å². The number of benzene rings is 1. The molecule has 39 heavy (non-hydrogen) atoms. The van der Waals surface area contributed by atoms with Crippen molar-refractivity contribution in [2.45, 2.75) is 146 Å². The first-order chi connectivity index (χ1) is 17.4. The number of aliphatic hydroxyl groups excluding tert-OH is 1. The Kier molecular flexibility index (Phi) is 11.3. The van der Waals surface area contributed by atoms with Crippen molar-refractivity contribution in [1.82, 2.24) is 0 Å². The number of rotatable bonds is 9. The fourth-order valence-electron chi connectivity index (χ4n) is 3.71. The molecule has 0 bridgehead atoms. The number of ether oxygens (including phenoxy) is 1. The SMILES string of the molecule is CC(C)(C)[Si](C)(C)O[C@@H]1[C@@H](O[Si](C)(C)C(C)(C)C)[C@H]([Se]c2ccccc2)O[C@H](CO)[C@H]1O[Si](C)(C)C(C)(C)C. The van der Waals surface area contributed by atoms with Gasteiger partial charge in [-0.25, -0.2) is 0 Å². The van der Waals surface area contributed by atoms with Crippen LogP contribution in [0.1, 0.15) is 62.3 Å². The normalized spacial score (nSPS) is 26.1. The molecule has 1 heterocycles. The predicted molar refractivity (Wildman–Crippen MR) is 174 cm³/mol. The molecule has 0 aromatic heterocycles. The van der Waals surface area contributed by atoms with Gasteiger partial charge in [0.25, 0.3) is 0 Å². The Morgan fingerprint density at radius 3 is 1.44 bits per heavy atom. The van der Waals surface area contributed by atoms with E-state index >= 15 is 0 Å². The molecule has 226 valence electrons. The first-order valence-electron chi connectivity index (χ1n) is 14.4. The summed E-state index contributed by atoms with van der Waals surface area (Å²) in [4.78, 5) is 0. The summed E-state index contributed by atoms with van der Waals surface area (Å²) in [7, 11) is -6.68. The Morgan fingerprint density at radius 2 is 1.05 bits per heavy atom. The molecule has 0 amide bonds. The van der Waals surface area contributed by atoms with Crippen LogP contribution in [0.25, 0.3) is 0 Å². The maximum atomic E-state index is 10.7. The van der Waals surface area contributed by atoms with Gasteiger partial charge >= 0.3 is 251 Å². The predicted octanol–water partition coefficient (Wildman–Crippen LogP) is 6.90. The molecule has 1 fully saturated rings. The molecule has 1 aliphatic heterocycles. The topological polar surface area (TPSA) is 57.2 Å². The Morgan fingerprint density at radius 1 is 0.667 bits per heavy atom. The number of hydrogen-bond donors (Lipinski definition) is 1. The van der Waals surface area contributed by atoms with Crippen molar-refractivity contribution in [1.29, 1.82) is 0 Å². The van der Waals surface area contributed by atoms with Gasteiger partial charge in [-0.3, -0.25) is 0 Å². The Hall–Kier alpha value is 0.190. The molecule has 1 aromatic rings. The van der Waals surface area contributed by atoms with Crippen LogP contribution >= 0.6 is 0 Å². The van der Waals surface area contributed by atoms with Gasteiger partial charge in [-0.1, -0.05) is 0 Å². The zero-order valence-corrected chi connectivity index (χ0v) is 32.2. The molecule has 2 rings (SSSR count). The van der Waals surface area contributed by atoms with Crippen molar-refractivity contribution in [3.8, 4) is 0 Å². The van der Waals surface area contributed by atoms with E-state index in [-0.39, 0.29) is 53.9 Å². The number of aliphatic hydroxyl groups is 1. The van der Waals surface area contributed by atoms with Crippen LogP contribution in [0.15, 0.2) is 30.3 Å². The fourth-order valence-corrected chi connectivity index (χ4v) is 10.2. The molecule has 0 aliphatic carbocycles. The minimum atomic E-state index is -2.24. The minimum absolute atomic E-state index is 0.00907. The van der Waals surface area contributed by atoms with Crippen LogP contribution in [-0.2, 0) is 18.0 Å². The molecule has 9 heteroatoms. The zero-order valence-electron chi connectivity index (χ0n) is 27.5. The van der Waals surface area contributed by atoms with Gasteiger partial charge in [-0.05, 0) is 0 Å². The molecule has 0 radical (unpaired) electrons. The summed E-state index contributed by atoms with van der Waals surface area (Å²) >= 11 is -0.0291. The van der Waals surface area contributed by atoms with Gasteiger partial charge in [-0.2, -0.15) is 0 Å². The zero-order chi connectivity index (χ0) is 30.2. The van der Waals surface area contributed by atoms with Crippen LogP contribution < -0.4 is 4.46 Å². The molecule has 0 spiro atoms. The summed E-state index contributed by atoms with van der Waals surface area (Å²) in [6, 6.07) is 10.6. The average molecular weight is 662 g/mol. The van der Waals surface area contributed by atoms with Crippen molar-refractivity contribution in [2.24, 2.45) is 0 Å². The summed E-state index contributed by atoms with van der Waals surface area (Å²) in [5.41, 5.74) is 0. The first-order valence-corrected chi connectivity index (χ1v) is 25.0. The van der Waals surface area contributed by atoms with E-state index in [9.17, 15) is 5.11 Å². The van der Waals surface area contributed by atoms with Crippen LogP contribution in [0.2, 0.25) is 54.4 Å². The quantitative estimate of drug-likeness (QED) is 0.292. The fraction of sp³-hybridized carbons (Fsp3) is 0.800. The van der Waals surface area contributed by atoms with Crippen LogP contribution in [0, 0.1) is 0 Å². The third kappa shape index (κ3) is 8.62. The van der Waals surface area contributed by atoms with Crippen LogP contribution in [0.3, 0.4) is 0 Å². The molecule has 1 N–H and O–H groups in total. The van der Waals surface area contributed by atoms with Gasteiger partial charge in [0, 0.05) is 0 Å². The van der Waals surface area contributed by atoms with E-state index in [2.05, 4.69) is 126 Å². The van der Waals surface area contributed by atoms with E-state index < -0.39 is 37.2 Å². The van der Waals surface area contributed by atoms with Crippen molar-refractivity contribution < 1.29 is 23.1 Å². The third-order valence-electron chi connectivity index (χ3n) is 9.48. The summed E-state index contributed by atoms with van der Waals surface area (Å²) in [6.07, 6.45) is -1.47. The summed E-state index contributed by atoms with van der Waals surface area (Å²) in [5.74, 6) is 0. The molecular weight excluding hydrogens is 604 g/mol.